The third-order valence-corrected chi connectivity index (χ3v) is 1.07. The fourth-order valence-electron chi connectivity index (χ4n) is 0.559. The van der Waals surface area contributed by atoms with E-state index in [0.717, 1.165) is 6.20 Å². The number of carboxylic acid groups (broad SMARTS) is 1. The molecule has 1 rings (SSSR count). The van der Waals surface area contributed by atoms with Crippen molar-refractivity contribution in [3.8, 4) is 6.01 Å². The molecule has 0 amide bonds. The van der Waals surface area contributed by atoms with Crippen molar-refractivity contribution in [2.45, 2.75) is 0 Å². The number of nitrogens with zero attached hydrogens (tertiary/aromatic N) is 2. The van der Waals surface area contributed by atoms with E-state index in [4.69, 9.17) is 10.8 Å². The number of nitrogen functional groups attached to an aromatic ring is 1. The first-order valence-electron chi connectivity index (χ1n) is 3.22. The molecule has 0 atom stereocenters. The van der Waals surface area contributed by atoms with Crippen LogP contribution in [0.4, 0.5) is 10.2 Å². The van der Waals surface area contributed by atoms with Crippen molar-refractivity contribution in [2.75, 3.05) is 12.3 Å². The molecule has 3 N–H and O–H groups in total. The van der Waals surface area contributed by atoms with E-state index in [2.05, 4.69) is 14.7 Å². The number of hydrogen-bond acceptors (Lipinski definition) is 5. The number of hydrogen-bond donors (Lipinski definition) is 2. The lowest BCUT2D eigenvalue weighted by Crippen LogP contribution is -2.12. The van der Waals surface area contributed by atoms with Crippen molar-refractivity contribution in [2.24, 2.45) is 0 Å². The molecule has 0 aliphatic rings. The van der Waals surface area contributed by atoms with Gasteiger partial charge in [0.25, 0.3) is 0 Å². The van der Waals surface area contributed by atoms with Gasteiger partial charge in [0.1, 0.15) is 0 Å². The van der Waals surface area contributed by atoms with Gasteiger partial charge in [0.2, 0.25) is 0 Å². The number of nitrogens with two attached hydrogens (primary N) is 1. The molecule has 0 saturated carbocycles. The molecule has 0 aliphatic carbocycles. The van der Waals surface area contributed by atoms with E-state index in [9.17, 15) is 9.18 Å². The Kier molecular flexibility index (Phi) is 2.58. The fraction of sp³-hybridized carbons (Fsp3) is 0.167. The molecule has 1 aromatic rings. The molecular formula is C6H6FN3O3. The van der Waals surface area contributed by atoms with E-state index in [0.29, 0.717) is 0 Å². The molecule has 0 bridgehead atoms. The van der Waals surface area contributed by atoms with Crippen LogP contribution in [0, 0.1) is 5.82 Å². The van der Waals surface area contributed by atoms with Crippen LogP contribution in [0.25, 0.3) is 0 Å². The summed E-state index contributed by atoms with van der Waals surface area (Å²) >= 11 is 0. The lowest BCUT2D eigenvalue weighted by atomic mass is 10.6. The quantitative estimate of drug-likeness (QED) is 0.671. The summed E-state index contributed by atoms with van der Waals surface area (Å²) in [5.41, 5.74) is 5.07. The second-order valence-corrected chi connectivity index (χ2v) is 2.07. The van der Waals surface area contributed by atoms with Gasteiger partial charge >= 0.3 is 12.0 Å². The molecule has 13 heavy (non-hydrogen) atoms. The summed E-state index contributed by atoms with van der Waals surface area (Å²) in [4.78, 5) is 16.7. The van der Waals surface area contributed by atoms with Crippen molar-refractivity contribution in [1.29, 1.82) is 0 Å². The molecular weight excluding hydrogens is 181 g/mol. The minimum atomic E-state index is -1.17. The van der Waals surface area contributed by atoms with Crippen molar-refractivity contribution in [1.82, 2.24) is 9.97 Å². The van der Waals surface area contributed by atoms with Crippen LogP contribution < -0.4 is 10.5 Å². The molecule has 70 valence electrons. The minimum absolute atomic E-state index is 0.263. The highest BCUT2D eigenvalue weighted by Crippen LogP contribution is 2.08. The van der Waals surface area contributed by atoms with Crippen LogP contribution in [0.15, 0.2) is 6.20 Å². The van der Waals surface area contributed by atoms with Gasteiger partial charge in [0.05, 0.1) is 6.20 Å². The summed E-state index contributed by atoms with van der Waals surface area (Å²) < 4.78 is 17.0. The molecule has 1 aromatic heterocycles. The summed E-state index contributed by atoms with van der Waals surface area (Å²) in [5.74, 6) is -2.33. The highest BCUT2D eigenvalue weighted by atomic mass is 19.1. The molecule has 6 nitrogen and oxygen atoms in total. The van der Waals surface area contributed by atoms with E-state index in [1.54, 1.807) is 0 Å². The first-order valence-corrected chi connectivity index (χ1v) is 3.22. The monoisotopic (exact) mass is 187 g/mol. The zero-order chi connectivity index (χ0) is 9.84. The predicted octanol–water partition coefficient (Wildman–Crippen LogP) is -0.339. The maximum atomic E-state index is 12.5. The minimum Gasteiger partial charge on any atom is -0.479 e. The average Bonchev–Trinajstić information content (AvgIpc) is 2.07. The molecule has 7 heteroatoms. The van der Waals surface area contributed by atoms with E-state index in [-0.39, 0.29) is 11.8 Å². The van der Waals surface area contributed by atoms with Gasteiger partial charge < -0.3 is 15.6 Å². The Bertz CT molecular complexity index is 331. The second-order valence-electron chi connectivity index (χ2n) is 2.07. The van der Waals surface area contributed by atoms with Crippen molar-refractivity contribution >= 4 is 11.8 Å². The Labute approximate surface area is 72.2 Å². The topological polar surface area (TPSA) is 98.3 Å². The van der Waals surface area contributed by atoms with Crippen LogP contribution in [0.3, 0.4) is 0 Å². The van der Waals surface area contributed by atoms with Crippen molar-refractivity contribution in [3.63, 3.8) is 0 Å². The Morgan fingerprint density at radius 3 is 3.00 bits per heavy atom. The first kappa shape index (κ1) is 9.17. The second kappa shape index (κ2) is 3.65. The van der Waals surface area contributed by atoms with Gasteiger partial charge in [0.15, 0.2) is 18.2 Å². The molecule has 0 aliphatic heterocycles. The smallest absolute Gasteiger partial charge is 0.341 e. The lowest BCUT2D eigenvalue weighted by molar-refractivity contribution is -0.139. The Hall–Kier alpha value is -1.92. The number of halogens is 1. The van der Waals surface area contributed by atoms with Gasteiger partial charge in [-0.05, 0) is 0 Å². The van der Waals surface area contributed by atoms with Crippen LogP contribution >= 0.6 is 0 Å². The molecule has 0 radical (unpaired) electrons. The molecule has 0 spiro atoms. The van der Waals surface area contributed by atoms with E-state index in [1.165, 1.54) is 0 Å². The largest absolute Gasteiger partial charge is 0.479 e. The maximum Gasteiger partial charge on any atom is 0.341 e. The summed E-state index contributed by atoms with van der Waals surface area (Å²) in [5, 5.41) is 8.21. The summed E-state index contributed by atoms with van der Waals surface area (Å²) in [6.07, 6.45) is 0.805. The summed E-state index contributed by atoms with van der Waals surface area (Å²) in [6, 6.07) is -0.263. The van der Waals surface area contributed by atoms with Gasteiger partial charge in [-0.1, -0.05) is 0 Å². The highest BCUT2D eigenvalue weighted by Gasteiger charge is 2.05. The van der Waals surface area contributed by atoms with E-state index >= 15 is 0 Å². The van der Waals surface area contributed by atoms with Crippen molar-refractivity contribution < 1.29 is 19.0 Å². The predicted molar refractivity (Wildman–Crippen MR) is 39.5 cm³/mol. The van der Waals surface area contributed by atoms with Gasteiger partial charge in [-0.25, -0.2) is 14.2 Å². The van der Waals surface area contributed by atoms with Crippen LogP contribution in [0.5, 0.6) is 6.01 Å². The molecule has 0 unspecified atom stereocenters. The molecule has 1 heterocycles. The number of rotatable bonds is 3. The Morgan fingerprint density at radius 1 is 1.77 bits per heavy atom. The zero-order valence-electron chi connectivity index (χ0n) is 6.40. The van der Waals surface area contributed by atoms with Crippen LogP contribution in [0.2, 0.25) is 0 Å². The number of carboxylic acids is 1. The molecule has 0 saturated heterocycles. The summed E-state index contributed by atoms with van der Waals surface area (Å²) in [6.45, 7) is -0.592. The molecule has 0 fully saturated rings. The number of anilines is 1. The van der Waals surface area contributed by atoms with Crippen molar-refractivity contribution in [3.05, 3.63) is 12.0 Å². The van der Waals surface area contributed by atoms with Crippen LogP contribution in [-0.4, -0.2) is 27.7 Å². The zero-order valence-corrected chi connectivity index (χ0v) is 6.40. The van der Waals surface area contributed by atoms with Crippen LogP contribution in [-0.2, 0) is 4.79 Å². The summed E-state index contributed by atoms with van der Waals surface area (Å²) in [7, 11) is 0. The SMILES string of the molecule is Nc1nc(OCC(=O)O)ncc1F. The Morgan fingerprint density at radius 2 is 2.46 bits per heavy atom. The number of carbonyl (C=O) groups is 1. The number of aromatic nitrogens is 2. The number of aliphatic carboxylic acids is 1. The standard InChI is InChI=1S/C6H6FN3O3/c7-3-1-9-6(10-5(3)8)13-2-4(11)12/h1H,2H2,(H,11,12)(H2,8,9,10). The maximum absolute atomic E-state index is 12.5. The number of ether oxygens (including phenoxy) is 1. The van der Waals surface area contributed by atoms with Gasteiger partial charge in [-0.3, -0.25) is 0 Å². The lowest BCUT2D eigenvalue weighted by Gasteiger charge is -2.00. The average molecular weight is 187 g/mol. The van der Waals surface area contributed by atoms with E-state index < -0.39 is 18.4 Å². The van der Waals surface area contributed by atoms with Gasteiger partial charge in [0, 0.05) is 0 Å². The van der Waals surface area contributed by atoms with Crippen LogP contribution in [0.1, 0.15) is 0 Å². The Balaban J connectivity index is 2.68. The van der Waals surface area contributed by atoms with Gasteiger partial charge in [-0.15, -0.1) is 0 Å². The normalized spacial score (nSPS) is 9.62. The highest BCUT2D eigenvalue weighted by molar-refractivity contribution is 5.68. The first-order chi connectivity index (χ1) is 6.09. The third kappa shape index (κ3) is 2.55. The van der Waals surface area contributed by atoms with E-state index in [1.807, 2.05) is 0 Å². The molecule has 0 aromatic carbocycles. The third-order valence-electron chi connectivity index (χ3n) is 1.07. The van der Waals surface area contributed by atoms with Gasteiger partial charge in [-0.2, -0.15) is 4.98 Å². The fourth-order valence-corrected chi connectivity index (χ4v) is 0.559.